The molecular weight excluding hydrogens is 481 g/mol. The van der Waals surface area contributed by atoms with Gasteiger partial charge in [-0.25, -0.2) is 0 Å². The lowest BCUT2D eigenvalue weighted by molar-refractivity contribution is 0.339. The minimum atomic E-state index is -0.00998. The first-order valence-electron chi connectivity index (χ1n) is 8.20. The maximum atomic E-state index is 9.96. The lowest BCUT2D eigenvalue weighted by atomic mass is 10.1. The van der Waals surface area contributed by atoms with Gasteiger partial charge in [-0.15, -0.1) is 24.0 Å². The number of nitrogens with one attached hydrogen (secondary N) is 2. The normalized spacial score (nSPS) is 10.7. The molecule has 2 aromatic rings. The van der Waals surface area contributed by atoms with Gasteiger partial charge in [0.25, 0.3) is 0 Å². The topological polar surface area (TPSA) is 75.1 Å². The van der Waals surface area contributed by atoms with E-state index in [0.717, 1.165) is 23.6 Å². The van der Waals surface area contributed by atoms with Gasteiger partial charge in [-0.05, 0) is 41.8 Å². The van der Waals surface area contributed by atoms with Crippen molar-refractivity contribution in [1.29, 1.82) is 0 Å². The highest BCUT2D eigenvalue weighted by atomic mass is 127. The van der Waals surface area contributed by atoms with Crippen LogP contribution in [0, 0.1) is 0 Å². The first kappa shape index (κ1) is 23.2. The van der Waals surface area contributed by atoms with Gasteiger partial charge in [-0.3, -0.25) is 4.99 Å². The van der Waals surface area contributed by atoms with E-state index < -0.39 is 0 Å². The fourth-order valence-corrected chi connectivity index (χ4v) is 2.56. The zero-order valence-corrected chi connectivity index (χ0v) is 18.7. The van der Waals surface area contributed by atoms with Crippen LogP contribution in [0.2, 0.25) is 5.02 Å². The first-order valence-corrected chi connectivity index (χ1v) is 8.58. The molecule has 2 aromatic carbocycles. The molecule has 0 fully saturated rings. The van der Waals surface area contributed by atoms with E-state index in [1.807, 2.05) is 24.3 Å². The Hall–Kier alpha value is -1.87. The molecule has 0 amide bonds. The standard InChI is InChI=1S/C19H24ClN3O3.HI/c1-21-19(22-9-8-13-4-6-15(20)7-5-13)23-12-14-10-16(25-2)18(24)17(11-14)26-3;/h4-7,10-11,24H,8-9,12H2,1-3H3,(H2,21,22,23);1H. The average molecular weight is 506 g/mol. The summed E-state index contributed by atoms with van der Waals surface area (Å²) in [5.74, 6) is 1.41. The fourth-order valence-electron chi connectivity index (χ4n) is 2.43. The van der Waals surface area contributed by atoms with Crippen LogP contribution in [0.4, 0.5) is 0 Å². The lowest BCUT2D eigenvalue weighted by Gasteiger charge is -2.14. The zero-order valence-electron chi connectivity index (χ0n) is 15.6. The highest BCUT2D eigenvalue weighted by molar-refractivity contribution is 14.0. The van der Waals surface area contributed by atoms with Crippen molar-refractivity contribution in [1.82, 2.24) is 10.6 Å². The zero-order chi connectivity index (χ0) is 18.9. The summed E-state index contributed by atoms with van der Waals surface area (Å²) in [6.07, 6.45) is 0.860. The predicted molar refractivity (Wildman–Crippen MR) is 120 cm³/mol. The van der Waals surface area contributed by atoms with Crippen molar-refractivity contribution in [3.63, 3.8) is 0 Å². The van der Waals surface area contributed by atoms with Crippen LogP contribution < -0.4 is 20.1 Å². The summed E-state index contributed by atoms with van der Waals surface area (Å²) in [5, 5.41) is 17.2. The summed E-state index contributed by atoms with van der Waals surface area (Å²) in [6.45, 7) is 1.25. The van der Waals surface area contributed by atoms with Gasteiger partial charge < -0.3 is 25.2 Å². The van der Waals surface area contributed by atoms with Gasteiger partial charge in [0.1, 0.15) is 0 Å². The van der Waals surface area contributed by atoms with Crippen LogP contribution in [-0.2, 0) is 13.0 Å². The second kappa shape index (κ2) is 11.8. The highest BCUT2D eigenvalue weighted by Gasteiger charge is 2.11. The van der Waals surface area contributed by atoms with Crippen LogP contribution in [-0.4, -0.2) is 38.9 Å². The SMILES string of the molecule is CN=C(NCCc1ccc(Cl)cc1)NCc1cc(OC)c(O)c(OC)c1.I. The molecule has 6 nitrogen and oxygen atoms in total. The van der Waals surface area contributed by atoms with Crippen LogP contribution in [0.5, 0.6) is 17.2 Å². The minimum absolute atomic E-state index is 0. The number of ether oxygens (including phenoxy) is 2. The molecular formula is C19H25ClIN3O3. The number of halogens is 2. The van der Waals surface area contributed by atoms with Crippen LogP contribution in [0.1, 0.15) is 11.1 Å². The lowest BCUT2D eigenvalue weighted by Crippen LogP contribution is -2.37. The van der Waals surface area contributed by atoms with Gasteiger partial charge in [0.2, 0.25) is 5.75 Å². The van der Waals surface area contributed by atoms with Gasteiger partial charge in [0.15, 0.2) is 17.5 Å². The van der Waals surface area contributed by atoms with Crippen LogP contribution in [0.25, 0.3) is 0 Å². The average Bonchev–Trinajstić information content (AvgIpc) is 2.66. The Bertz CT molecular complexity index is 729. The predicted octanol–water partition coefficient (Wildman–Crippen LogP) is 3.59. The van der Waals surface area contributed by atoms with Gasteiger partial charge in [-0.2, -0.15) is 0 Å². The summed E-state index contributed by atoms with van der Waals surface area (Å²) < 4.78 is 10.3. The monoisotopic (exact) mass is 505 g/mol. The first-order chi connectivity index (χ1) is 12.6. The molecule has 0 heterocycles. The third-order valence-corrected chi connectivity index (χ3v) is 4.09. The molecule has 27 heavy (non-hydrogen) atoms. The van der Waals surface area contributed by atoms with Crippen molar-refractivity contribution >= 4 is 41.5 Å². The Kier molecular flexibility index (Phi) is 10.1. The minimum Gasteiger partial charge on any atom is -0.502 e. The quantitative estimate of drug-likeness (QED) is 0.305. The summed E-state index contributed by atoms with van der Waals surface area (Å²) >= 11 is 5.89. The summed E-state index contributed by atoms with van der Waals surface area (Å²) in [6, 6.07) is 11.3. The molecule has 0 unspecified atom stereocenters. The molecule has 0 saturated heterocycles. The molecule has 0 aliphatic heterocycles. The molecule has 0 atom stereocenters. The Morgan fingerprint density at radius 1 is 1.04 bits per heavy atom. The molecule has 8 heteroatoms. The van der Waals surface area contributed by atoms with E-state index in [1.54, 1.807) is 19.2 Å². The van der Waals surface area contributed by atoms with Crippen LogP contribution in [0.15, 0.2) is 41.4 Å². The molecule has 3 N–H and O–H groups in total. The van der Waals surface area contributed by atoms with Gasteiger partial charge in [-0.1, -0.05) is 23.7 Å². The fraction of sp³-hybridized carbons (Fsp3) is 0.316. The maximum absolute atomic E-state index is 9.96. The molecule has 0 radical (unpaired) electrons. The number of nitrogens with zero attached hydrogens (tertiary/aromatic N) is 1. The molecule has 148 valence electrons. The van der Waals surface area contributed by atoms with Crippen molar-refractivity contribution in [3.8, 4) is 17.2 Å². The molecule has 0 aromatic heterocycles. The number of hydrogen-bond acceptors (Lipinski definition) is 4. The molecule has 0 saturated carbocycles. The second-order valence-electron chi connectivity index (χ2n) is 5.58. The number of benzene rings is 2. The van der Waals surface area contributed by atoms with Crippen molar-refractivity contribution in [2.24, 2.45) is 4.99 Å². The largest absolute Gasteiger partial charge is 0.502 e. The van der Waals surface area contributed by atoms with Gasteiger partial charge >= 0.3 is 0 Å². The number of phenolic OH excluding ortho intramolecular Hbond substituents is 1. The van der Waals surface area contributed by atoms with E-state index in [1.165, 1.54) is 19.8 Å². The molecule has 0 aliphatic carbocycles. The third kappa shape index (κ3) is 6.99. The Labute approximate surface area is 182 Å². The summed E-state index contributed by atoms with van der Waals surface area (Å²) in [5.41, 5.74) is 2.10. The van der Waals surface area contributed by atoms with Crippen molar-refractivity contribution in [2.75, 3.05) is 27.8 Å². The van der Waals surface area contributed by atoms with E-state index in [-0.39, 0.29) is 29.7 Å². The van der Waals surface area contributed by atoms with E-state index in [4.69, 9.17) is 21.1 Å². The maximum Gasteiger partial charge on any atom is 0.200 e. The van der Waals surface area contributed by atoms with Crippen LogP contribution in [0.3, 0.4) is 0 Å². The number of methoxy groups -OCH3 is 2. The van der Waals surface area contributed by atoms with Crippen molar-refractivity contribution < 1.29 is 14.6 Å². The summed E-state index contributed by atoms with van der Waals surface area (Å²) in [4.78, 5) is 4.21. The molecule has 0 bridgehead atoms. The number of aromatic hydroxyl groups is 1. The number of phenols is 1. The Morgan fingerprint density at radius 3 is 2.15 bits per heavy atom. The smallest absolute Gasteiger partial charge is 0.200 e. The summed E-state index contributed by atoms with van der Waals surface area (Å²) in [7, 11) is 4.72. The number of guanidine groups is 1. The third-order valence-electron chi connectivity index (χ3n) is 3.84. The number of rotatable bonds is 7. The van der Waals surface area contributed by atoms with E-state index in [2.05, 4.69) is 15.6 Å². The van der Waals surface area contributed by atoms with Gasteiger partial charge in [0, 0.05) is 25.2 Å². The number of hydrogen-bond donors (Lipinski definition) is 3. The van der Waals surface area contributed by atoms with E-state index in [9.17, 15) is 5.11 Å². The second-order valence-corrected chi connectivity index (χ2v) is 6.01. The molecule has 2 rings (SSSR count). The van der Waals surface area contributed by atoms with E-state index in [0.29, 0.717) is 24.0 Å². The van der Waals surface area contributed by atoms with Crippen molar-refractivity contribution in [3.05, 3.63) is 52.5 Å². The number of aliphatic imine (C=N–C) groups is 1. The van der Waals surface area contributed by atoms with Crippen molar-refractivity contribution in [2.45, 2.75) is 13.0 Å². The highest BCUT2D eigenvalue weighted by Crippen LogP contribution is 2.36. The molecule has 0 aliphatic rings. The van der Waals surface area contributed by atoms with Gasteiger partial charge in [0.05, 0.1) is 14.2 Å². The molecule has 0 spiro atoms. The Morgan fingerprint density at radius 2 is 1.63 bits per heavy atom. The Balaban J connectivity index is 0.00000364. The van der Waals surface area contributed by atoms with Crippen LogP contribution >= 0.6 is 35.6 Å². The van der Waals surface area contributed by atoms with E-state index >= 15 is 0 Å².